The number of carbonyl (C=O) groups is 1. The number of carbonyl (C=O) groups excluding carboxylic acids is 1. The lowest BCUT2D eigenvalue weighted by molar-refractivity contribution is -0.131. The molecule has 33 heavy (non-hydrogen) atoms. The second-order valence-corrected chi connectivity index (χ2v) is 8.60. The number of fused-ring (bicyclic) bond motifs is 1. The Morgan fingerprint density at radius 3 is 2.79 bits per heavy atom. The van der Waals surface area contributed by atoms with Gasteiger partial charge in [-0.1, -0.05) is 18.2 Å². The van der Waals surface area contributed by atoms with Crippen molar-refractivity contribution in [3.8, 4) is 0 Å². The Kier molecular flexibility index (Phi) is 5.77. The van der Waals surface area contributed by atoms with E-state index >= 15 is 0 Å². The second-order valence-electron chi connectivity index (χ2n) is 8.60. The van der Waals surface area contributed by atoms with E-state index in [1.165, 1.54) is 12.3 Å². The summed E-state index contributed by atoms with van der Waals surface area (Å²) < 4.78 is 13.1. The maximum Gasteiger partial charge on any atom is 0.227 e. The van der Waals surface area contributed by atoms with Crippen LogP contribution in [0.25, 0.3) is 10.9 Å². The number of aryl methyl sites for hydroxylation is 1. The number of rotatable bonds is 5. The zero-order valence-corrected chi connectivity index (χ0v) is 18.5. The molecule has 0 bridgehead atoms. The molecule has 1 aromatic carbocycles. The molecule has 1 saturated heterocycles. The van der Waals surface area contributed by atoms with Gasteiger partial charge in [-0.25, -0.2) is 9.37 Å². The van der Waals surface area contributed by atoms with Crippen LogP contribution in [-0.4, -0.2) is 38.8 Å². The molecule has 4 aromatic rings. The number of hydrogen-bond donors (Lipinski definition) is 2. The van der Waals surface area contributed by atoms with Crippen molar-refractivity contribution in [2.45, 2.75) is 32.1 Å². The van der Waals surface area contributed by atoms with Crippen LogP contribution in [0.5, 0.6) is 0 Å². The van der Waals surface area contributed by atoms with Crippen LogP contribution in [0.4, 0.5) is 15.9 Å². The van der Waals surface area contributed by atoms with Crippen molar-refractivity contribution in [2.75, 3.05) is 18.4 Å². The molecule has 1 fully saturated rings. The lowest BCUT2D eigenvalue weighted by Gasteiger charge is -2.32. The van der Waals surface area contributed by atoms with Gasteiger partial charge >= 0.3 is 0 Å². The van der Waals surface area contributed by atoms with Gasteiger partial charge in [0.05, 0.1) is 12.6 Å². The van der Waals surface area contributed by atoms with Crippen molar-refractivity contribution >= 4 is 28.3 Å². The molecule has 0 unspecified atom stereocenters. The zero-order chi connectivity index (χ0) is 22.8. The Bertz CT molecular complexity index is 1280. The second kappa shape index (κ2) is 9.02. The fourth-order valence-corrected chi connectivity index (χ4v) is 4.55. The molecule has 5 rings (SSSR count). The van der Waals surface area contributed by atoms with E-state index < -0.39 is 0 Å². The number of nitrogens with one attached hydrogen (secondary N) is 2. The third kappa shape index (κ3) is 4.72. The lowest BCUT2D eigenvalue weighted by atomic mass is 9.92. The average Bonchev–Trinajstić information content (AvgIpc) is 3.23. The van der Waals surface area contributed by atoms with Crippen LogP contribution in [0, 0.1) is 12.7 Å². The third-order valence-electron chi connectivity index (χ3n) is 6.26. The molecule has 6 nitrogen and oxygen atoms in total. The average molecular weight is 444 g/mol. The lowest BCUT2D eigenvalue weighted by Crippen LogP contribution is -2.38. The largest absolute Gasteiger partial charge is 0.361 e. The number of pyridine rings is 2. The summed E-state index contributed by atoms with van der Waals surface area (Å²) in [7, 11) is 0. The number of H-pyrrole nitrogens is 1. The number of halogens is 1. The SMILES string of the molecule is Cc1cc(Nc2ccc(F)cn2)cc(C2CCN(C(=O)Cc3c[nH]c4ccccc34)CC2)n1. The Hall–Kier alpha value is -3.74. The Labute approximate surface area is 191 Å². The van der Waals surface area contributed by atoms with Crippen molar-refractivity contribution in [3.63, 3.8) is 0 Å². The molecule has 0 spiro atoms. The van der Waals surface area contributed by atoms with Crippen LogP contribution in [0.3, 0.4) is 0 Å². The first kappa shape index (κ1) is 21.1. The molecule has 0 radical (unpaired) electrons. The molecule has 0 saturated carbocycles. The number of piperidine rings is 1. The fourth-order valence-electron chi connectivity index (χ4n) is 4.55. The highest BCUT2D eigenvalue weighted by Crippen LogP contribution is 2.30. The fraction of sp³-hybridized carbons (Fsp3) is 0.269. The molecular formula is C26H26FN5O. The van der Waals surface area contributed by atoms with Gasteiger partial charge < -0.3 is 15.2 Å². The minimum atomic E-state index is -0.363. The van der Waals surface area contributed by atoms with Gasteiger partial charge in [-0.15, -0.1) is 0 Å². The van der Waals surface area contributed by atoms with Crippen molar-refractivity contribution in [3.05, 3.63) is 83.7 Å². The standard InChI is InChI=1S/C26H26FN5O/c1-17-12-21(31-25-7-6-20(27)16-29-25)14-24(30-17)18-8-10-32(11-9-18)26(33)13-19-15-28-23-5-3-2-4-22(19)23/h2-7,12,14-16,18,28H,8-11,13H2,1H3,(H,29,30,31). The molecule has 3 aromatic heterocycles. The normalized spacial score (nSPS) is 14.5. The summed E-state index contributed by atoms with van der Waals surface area (Å²) in [5.41, 5.74) is 4.92. The third-order valence-corrected chi connectivity index (χ3v) is 6.26. The minimum absolute atomic E-state index is 0.167. The quantitative estimate of drug-likeness (QED) is 0.450. The number of likely N-dealkylation sites (tertiary alicyclic amines) is 1. The molecule has 0 atom stereocenters. The van der Waals surface area contributed by atoms with Gasteiger partial charge in [0.15, 0.2) is 0 Å². The molecular weight excluding hydrogens is 417 g/mol. The van der Waals surface area contributed by atoms with Crippen LogP contribution >= 0.6 is 0 Å². The molecule has 1 aliphatic rings. The minimum Gasteiger partial charge on any atom is -0.361 e. The van der Waals surface area contributed by atoms with Crippen LogP contribution in [0.1, 0.15) is 35.7 Å². The van der Waals surface area contributed by atoms with E-state index in [4.69, 9.17) is 4.98 Å². The number of nitrogens with zero attached hydrogens (tertiary/aromatic N) is 3. The monoisotopic (exact) mass is 443 g/mol. The first-order valence-electron chi connectivity index (χ1n) is 11.2. The maximum absolute atomic E-state index is 13.1. The van der Waals surface area contributed by atoms with Gasteiger partial charge in [0.2, 0.25) is 5.91 Å². The Balaban J connectivity index is 1.23. The van der Waals surface area contributed by atoms with Gasteiger partial charge in [0.1, 0.15) is 11.6 Å². The number of hydrogen-bond acceptors (Lipinski definition) is 4. The smallest absolute Gasteiger partial charge is 0.227 e. The van der Waals surface area contributed by atoms with Crippen LogP contribution in [-0.2, 0) is 11.2 Å². The van der Waals surface area contributed by atoms with Crippen LogP contribution < -0.4 is 5.32 Å². The van der Waals surface area contributed by atoms with Crippen molar-refractivity contribution in [1.29, 1.82) is 0 Å². The highest BCUT2D eigenvalue weighted by molar-refractivity contribution is 5.88. The van der Waals surface area contributed by atoms with Crippen LogP contribution in [0.15, 0.2) is 60.9 Å². The van der Waals surface area contributed by atoms with Crippen molar-refractivity contribution in [1.82, 2.24) is 19.9 Å². The molecule has 7 heteroatoms. The van der Waals surface area contributed by atoms with Crippen LogP contribution in [0.2, 0.25) is 0 Å². The summed E-state index contributed by atoms with van der Waals surface area (Å²) in [4.78, 5) is 27.0. The van der Waals surface area contributed by atoms with Gasteiger partial charge in [-0.3, -0.25) is 9.78 Å². The first-order chi connectivity index (χ1) is 16.0. The van der Waals surface area contributed by atoms with E-state index in [1.807, 2.05) is 48.4 Å². The Morgan fingerprint density at radius 1 is 1.18 bits per heavy atom. The van der Waals surface area contributed by atoms with E-state index in [1.54, 1.807) is 6.07 Å². The predicted octanol–water partition coefficient (Wildman–Crippen LogP) is 5.10. The van der Waals surface area contributed by atoms with Gasteiger partial charge in [-0.2, -0.15) is 0 Å². The van der Waals surface area contributed by atoms with Crippen molar-refractivity contribution < 1.29 is 9.18 Å². The number of para-hydroxylation sites is 1. The predicted molar refractivity (Wildman–Crippen MR) is 127 cm³/mol. The summed E-state index contributed by atoms with van der Waals surface area (Å²) >= 11 is 0. The summed E-state index contributed by atoms with van der Waals surface area (Å²) in [6.45, 7) is 3.42. The number of amides is 1. The highest BCUT2D eigenvalue weighted by atomic mass is 19.1. The topological polar surface area (TPSA) is 73.9 Å². The zero-order valence-electron chi connectivity index (χ0n) is 18.5. The molecule has 4 heterocycles. The summed E-state index contributed by atoms with van der Waals surface area (Å²) in [5, 5.41) is 4.34. The van der Waals surface area contributed by atoms with Gasteiger partial charge in [0.25, 0.3) is 0 Å². The highest BCUT2D eigenvalue weighted by Gasteiger charge is 2.25. The number of anilines is 2. The van der Waals surface area contributed by atoms with Crippen molar-refractivity contribution in [2.24, 2.45) is 0 Å². The first-order valence-corrected chi connectivity index (χ1v) is 11.2. The summed E-state index contributed by atoms with van der Waals surface area (Å²) in [6.07, 6.45) is 5.31. The van der Waals surface area contributed by atoms with E-state index in [0.717, 1.165) is 59.5 Å². The van der Waals surface area contributed by atoms with E-state index in [-0.39, 0.29) is 11.7 Å². The molecule has 1 amide bonds. The number of aromatic amines is 1. The van der Waals surface area contributed by atoms with Gasteiger partial charge in [-0.05, 0) is 55.7 Å². The summed E-state index contributed by atoms with van der Waals surface area (Å²) in [5.74, 6) is 0.688. The molecule has 2 N–H and O–H groups in total. The van der Waals surface area contributed by atoms with Gasteiger partial charge in [0, 0.05) is 53.2 Å². The molecule has 0 aliphatic carbocycles. The maximum atomic E-state index is 13.1. The van der Waals surface area contributed by atoms with E-state index in [0.29, 0.717) is 18.2 Å². The molecule has 1 aliphatic heterocycles. The molecule has 168 valence electrons. The number of aromatic nitrogens is 3. The van der Waals surface area contributed by atoms with E-state index in [9.17, 15) is 9.18 Å². The summed E-state index contributed by atoms with van der Waals surface area (Å²) in [6, 6.07) is 15.1. The van der Waals surface area contributed by atoms with E-state index in [2.05, 4.69) is 21.4 Å². The number of benzene rings is 1. The Morgan fingerprint density at radius 2 is 2.00 bits per heavy atom.